The standard InChI is InChI=1S/C26H21ClFN7O5/c1-13-31-23(34-39-13)22-21(27)17-9-14(28)3-6-18(17)35(22)16-5-4-15(29-12-16)11-30-25(37)26(7-8-26)32-24(36)19-10-20(38-2)33-40-19/h3-6,9-10,12H,7-8,11H2,1-2H3,(H,30,37)(H,32,36). The zero-order valence-corrected chi connectivity index (χ0v) is 22.0. The molecule has 0 saturated heterocycles. The third-order valence-electron chi connectivity index (χ3n) is 6.56. The minimum Gasteiger partial charge on any atom is -0.479 e. The van der Waals surface area contributed by atoms with Crippen molar-refractivity contribution in [3.63, 3.8) is 0 Å². The molecule has 1 aliphatic carbocycles. The summed E-state index contributed by atoms with van der Waals surface area (Å²) >= 11 is 6.65. The summed E-state index contributed by atoms with van der Waals surface area (Å²) in [6, 6.07) is 9.16. The SMILES string of the molecule is COc1cc(C(=O)NC2(C(=O)NCc3ccc(-n4c(-c5noc(C)n5)c(Cl)c5cc(F)ccc54)cn3)CC2)on1. The minimum absolute atomic E-state index is 0.0519. The topological polar surface area (TPSA) is 150 Å². The van der Waals surface area contributed by atoms with Crippen LogP contribution in [0.5, 0.6) is 5.88 Å². The molecule has 4 aromatic heterocycles. The first-order valence-electron chi connectivity index (χ1n) is 12.1. The number of hydrogen-bond donors (Lipinski definition) is 2. The van der Waals surface area contributed by atoms with Gasteiger partial charge < -0.3 is 29.0 Å². The van der Waals surface area contributed by atoms with E-state index in [4.69, 9.17) is 25.4 Å². The van der Waals surface area contributed by atoms with Gasteiger partial charge in [0.15, 0.2) is 0 Å². The van der Waals surface area contributed by atoms with Gasteiger partial charge in [-0.2, -0.15) is 4.98 Å². The molecule has 1 aromatic carbocycles. The molecule has 1 aliphatic rings. The fourth-order valence-corrected chi connectivity index (χ4v) is 4.68. The minimum atomic E-state index is -1.02. The number of hydrogen-bond acceptors (Lipinski definition) is 9. The van der Waals surface area contributed by atoms with Crippen LogP contribution in [0.25, 0.3) is 28.1 Å². The highest BCUT2D eigenvalue weighted by molar-refractivity contribution is 6.38. The Bertz CT molecular complexity index is 1760. The number of benzene rings is 1. The smallest absolute Gasteiger partial charge is 0.290 e. The van der Waals surface area contributed by atoms with Crippen LogP contribution in [0.15, 0.2) is 51.6 Å². The maximum atomic E-state index is 14.0. The Hall–Kier alpha value is -4.78. The number of fused-ring (bicyclic) bond motifs is 1. The molecule has 1 fully saturated rings. The highest BCUT2D eigenvalue weighted by Crippen LogP contribution is 2.39. The summed E-state index contributed by atoms with van der Waals surface area (Å²) in [6.45, 7) is 1.78. The normalized spacial score (nSPS) is 13.8. The second-order valence-electron chi connectivity index (χ2n) is 9.26. The molecule has 2 amide bonds. The zero-order valence-electron chi connectivity index (χ0n) is 21.2. The molecule has 0 atom stereocenters. The third kappa shape index (κ3) is 4.53. The van der Waals surface area contributed by atoms with Crippen LogP contribution in [-0.4, -0.2) is 49.3 Å². The molecule has 0 bridgehead atoms. The lowest BCUT2D eigenvalue weighted by Gasteiger charge is -2.16. The molecule has 6 rings (SSSR count). The number of rotatable bonds is 8. The molecule has 12 nitrogen and oxygen atoms in total. The summed E-state index contributed by atoms with van der Waals surface area (Å²) < 4.78 is 30.8. The van der Waals surface area contributed by atoms with E-state index in [0.717, 1.165) is 0 Å². The summed E-state index contributed by atoms with van der Waals surface area (Å²) in [6.07, 6.45) is 2.58. The number of nitrogens with one attached hydrogen (secondary N) is 2. The number of ether oxygens (including phenoxy) is 1. The van der Waals surface area contributed by atoms with E-state index in [1.807, 2.05) is 0 Å². The van der Waals surface area contributed by atoms with E-state index in [1.54, 1.807) is 35.9 Å². The maximum absolute atomic E-state index is 14.0. The molecule has 204 valence electrons. The molecule has 0 radical (unpaired) electrons. The van der Waals surface area contributed by atoms with Crippen LogP contribution in [0.3, 0.4) is 0 Å². The van der Waals surface area contributed by atoms with Gasteiger partial charge in [-0.3, -0.25) is 14.6 Å². The van der Waals surface area contributed by atoms with Crippen LogP contribution in [0.2, 0.25) is 5.02 Å². The van der Waals surface area contributed by atoms with Gasteiger partial charge in [0, 0.05) is 12.3 Å². The first kappa shape index (κ1) is 25.5. The Morgan fingerprint density at radius 3 is 2.65 bits per heavy atom. The number of methoxy groups -OCH3 is 1. The van der Waals surface area contributed by atoms with E-state index >= 15 is 0 Å². The third-order valence-corrected chi connectivity index (χ3v) is 6.95. The van der Waals surface area contributed by atoms with Gasteiger partial charge in [0.1, 0.15) is 17.1 Å². The Balaban J connectivity index is 1.20. The van der Waals surface area contributed by atoms with E-state index in [1.165, 1.54) is 25.3 Å². The van der Waals surface area contributed by atoms with E-state index in [9.17, 15) is 14.0 Å². The van der Waals surface area contributed by atoms with Gasteiger partial charge in [-0.25, -0.2) is 4.39 Å². The van der Waals surface area contributed by atoms with Crippen LogP contribution in [0, 0.1) is 12.7 Å². The largest absolute Gasteiger partial charge is 0.479 e. The van der Waals surface area contributed by atoms with Crippen molar-refractivity contribution in [3.05, 3.63) is 70.8 Å². The molecule has 1 saturated carbocycles. The second kappa shape index (κ2) is 9.75. The van der Waals surface area contributed by atoms with E-state index in [2.05, 4.69) is 30.9 Å². The van der Waals surface area contributed by atoms with Crippen molar-refractivity contribution >= 4 is 34.3 Å². The summed E-state index contributed by atoms with van der Waals surface area (Å²) in [7, 11) is 1.40. The average molecular weight is 566 g/mol. The number of aryl methyl sites for hydroxylation is 1. The first-order chi connectivity index (χ1) is 19.3. The number of aromatic nitrogens is 5. The highest BCUT2D eigenvalue weighted by atomic mass is 35.5. The summed E-state index contributed by atoms with van der Waals surface area (Å²) in [5.41, 5.74) is 1.22. The van der Waals surface area contributed by atoms with Crippen molar-refractivity contribution in [1.82, 2.24) is 35.5 Å². The van der Waals surface area contributed by atoms with Gasteiger partial charge in [0.25, 0.3) is 11.8 Å². The molecule has 4 heterocycles. The van der Waals surface area contributed by atoms with Gasteiger partial charge in [-0.15, -0.1) is 0 Å². The molecule has 0 unspecified atom stereocenters. The first-order valence-corrected chi connectivity index (χ1v) is 12.5. The molecule has 0 aliphatic heterocycles. The quantitative estimate of drug-likeness (QED) is 0.286. The van der Waals surface area contributed by atoms with Crippen LogP contribution in [0.4, 0.5) is 4.39 Å². The number of halogens is 2. The molecule has 0 spiro atoms. The number of nitrogens with zero attached hydrogens (tertiary/aromatic N) is 5. The van der Waals surface area contributed by atoms with E-state index in [0.29, 0.717) is 46.7 Å². The van der Waals surface area contributed by atoms with Gasteiger partial charge in [-0.05, 0) is 48.3 Å². The van der Waals surface area contributed by atoms with Gasteiger partial charge in [0.2, 0.25) is 23.4 Å². The molecule has 40 heavy (non-hydrogen) atoms. The highest BCUT2D eigenvalue weighted by Gasteiger charge is 2.51. The molecule has 14 heteroatoms. The number of amides is 2. The maximum Gasteiger partial charge on any atom is 0.290 e. The van der Waals surface area contributed by atoms with Gasteiger partial charge in [0.05, 0.1) is 47.8 Å². The Morgan fingerprint density at radius 1 is 1.18 bits per heavy atom. The predicted octanol–water partition coefficient (Wildman–Crippen LogP) is 3.75. The van der Waals surface area contributed by atoms with E-state index < -0.39 is 17.3 Å². The number of carbonyl (C=O) groups is 2. The lowest BCUT2D eigenvalue weighted by Crippen LogP contribution is -2.48. The van der Waals surface area contributed by atoms with Crippen LogP contribution in [0.1, 0.15) is 35.0 Å². The monoisotopic (exact) mass is 565 g/mol. The molecule has 5 aromatic rings. The van der Waals surface area contributed by atoms with Crippen LogP contribution < -0.4 is 15.4 Å². The zero-order chi connectivity index (χ0) is 28.0. The van der Waals surface area contributed by atoms with Crippen molar-refractivity contribution in [3.8, 4) is 23.1 Å². The molecular weight excluding hydrogens is 545 g/mol. The predicted molar refractivity (Wildman–Crippen MR) is 138 cm³/mol. The lowest BCUT2D eigenvalue weighted by atomic mass is 10.2. The Kier molecular flexibility index (Phi) is 6.22. The Morgan fingerprint density at radius 2 is 2.00 bits per heavy atom. The fourth-order valence-electron chi connectivity index (χ4n) is 4.36. The molecule has 2 N–H and O–H groups in total. The summed E-state index contributed by atoms with van der Waals surface area (Å²) in [5, 5.41) is 13.9. The van der Waals surface area contributed by atoms with Crippen molar-refractivity contribution in [2.75, 3.05) is 7.11 Å². The van der Waals surface area contributed by atoms with Crippen molar-refractivity contribution < 1.29 is 27.8 Å². The lowest BCUT2D eigenvalue weighted by molar-refractivity contribution is -0.124. The summed E-state index contributed by atoms with van der Waals surface area (Å²) in [4.78, 5) is 34.2. The van der Waals surface area contributed by atoms with Crippen LogP contribution >= 0.6 is 11.6 Å². The van der Waals surface area contributed by atoms with Crippen LogP contribution in [-0.2, 0) is 11.3 Å². The number of carbonyl (C=O) groups excluding carboxylic acids is 2. The van der Waals surface area contributed by atoms with E-state index in [-0.39, 0.29) is 34.9 Å². The molecular formula is C26H21ClFN7O5. The number of pyridine rings is 1. The summed E-state index contributed by atoms with van der Waals surface area (Å²) in [5.74, 6) is -0.620. The fraction of sp³-hybridized carbons (Fsp3) is 0.231. The Labute approximate surface area is 230 Å². The van der Waals surface area contributed by atoms with Crippen molar-refractivity contribution in [2.45, 2.75) is 31.8 Å². The van der Waals surface area contributed by atoms with Gasteiger partial charge >= 0.3 is 0 Å². The van der Waals surface area contributed by atoms with Crippen molar-refractivity contribution in [1.29, 1.82) is 0 Å². The average Bonchev–Trinajstić information content (AvgIpc) is 3.25. The second-order valence-corrected chi connectivity index (χ2v) is 9.63. The van der Waals surface area contributed by atoms with Crippen molar-refractivity contribution in [2.24, 2.45) is 0 Å². The van der Waals surface area contributed by atoms with Gasteiger partial charge in [-0.1, -0.05) is 16.8 Å².